The van der Waals surface area contributed by atoms with E-state index in [2.05, 4.69) is 9.47 Å². The molecule has 5 nitrogen and oxygen atoms in total. The van der Waals surface area contributed by atoms with Gasteiger partial charge in [0, 0.05) is 0 Å². The minimum atomic E-state index is -0.924. The van der Waals surface area contributed by atoms with Crippen molar-refractivity contribution in [2.45, 2.75) is 12.5 Å². The predicted molar refractivity (Wildman–Crippen MR) is 43.9 cm³/mol. The van der Waals surface area contributed by atoms with Crippen molar-refractivity contribution in [3.05, 3.63) is 0 Å². The minimum Gasteiger partial charge on any atom is -0.469 e. The summed E-state index contributed by atoms with van der Waals surface area (Å²) in [6.45, 7) is 0. The Morgan fingerprint density at radius 2 is 1.83 bits per heavy atom. The second-order valence-electron chi connectivity index (χ2n) is 1.91. The Hall–Kier alpha value is -0.810. The quantitative estimate of drug-likeness (QED) is 0.616. The van der Waals surface area contributed by atoms with Gasteiger partial charge in [-0.25, -0.2) is 0 Å². The molecule has 0 aliphatic heterocycles. The van der Waals surface area contributed by atoms with Crippen LogP contribution in [0.4, 0.5) is 0 Å². The van der Waals surface area contributed by atoms with Crippen molar-refractivity contribution in [2.24, 2.45) is 5.73 Å². The molecule has 0 heterocycles. The molecule has 12 heavy (non-hydrogen) atoms. The Morgan fingerprint density at radius 1 is 1.33 bits per heavy atom. The Kier molecular flexibility index (Phi) is 7.88. The lowest BCUT2D eigenvalue weighted by Crippen LogP contribution is -2.34. The van der Waals surface area contributed by atoms with Crippen LogP contribution in [0.15, 0.2) is 0 Å². The molecule has 0 spiro atoms. The number of nitrogens with two attached hydrogens (primary N) is 1. The maximum atomic E-state index is 10.6. The van der Waals surface area contributed by atoms with Crippen molar-refractivity contribution in [3.8, 4) is 0 Å². The summed E-state index contributed by atoms with van der Waals surface area (Å²) < 4.78 is 8.57. The van der Waals surface area contributed by atoms with Crippen LogP contribution in [0.3, 0.4) is 0 Å². The third-order valence-electron chi connectivity index (χ3n) is 1.12. The Bertz CT molecular complexity index is 162. The third-order valence-corrected chi connectivity index (χ3v) is 1.12. The first kappa shape index (κ1) is 13.8. The molecule has 2 N–H and O–H groups in total. The summed E-state index contributed by atoms with van der Waals surface area (Å²) in [4.78, 5) is 21.1. The maximum Gasteiger partial charge on any atom is 0.323 e. The highest BCUT2D eigenvalue weighted by Gasteiger charge is 2.17. The average molecular weight is 198 g/mol. The molecule has 0 bridgehead atoms. The molecular weight excluding hydrogens is 186 g/mol. The summed E-state index contributed by atoms with van der Waals surface area (Å²) in [5, 5.41) is 0. The molecule has 6 heteroatoms. The fourth-order valence-electron chi connectivity index (χ4n) is 0.498. The van der Waals surface area contributed by atoms with Crippen LogP contribution in [0.5, 0.6) is 0 Å². The zero-order valence-corrected chi connectivity index (χ0v) is 7.72. The van der Waals surface area contributed by atoms with E-state index in [1.807, 2.05) is 0 Å². The lowest BCUT2D eigenvalue weighted by Gasteiger charge is -2.06. The van der Waals surface area contributed by atoms with Crippen LogP contribution in [0, 0.1) is 0 Å². The van der Waals surface area contributed by atoms with E-state index >= 15 is 0 Å². The second-order valence-corrected chi connectivity index (χ2v) is 1.91. The molecule has 0 aromatic rings. The van der Waals surface area contributed by atoms with E-state index in [1.165, 1.54) is 14.2 Å². The molecule has 0 aromatic carbocycles. The zero-order chi connectivity index (χ0) is 8.85. The van der Waals surface area contributed by atoms with Gasteiger partial charge in [0.2, 0.25) is 0 Å². The molecular formula is C6H12ClNO4. The molecule has 0 fully saturated rings. The highest BCUT2D eigenvalue weighted by Crippen LogP contribution is 1.92. The van der Waals surface area contributed by atoms with Gasteiger partial charge in [0.15, 0.2) is 0 Å². The van der Waals surface area contributed by atoms with Crippen LogP contribution in [0.1, 0.15) is 6.42 Å². The van der Waals surface area contributed by atoms with Crippen molar-refractivity contribution in [1.29, 1.82) is 0 Å². The number of esters is 2. The lowest BCUT2D eigenvalue weighted by molar-refractivity contribution is -0.148. The molecule has 0 aromatic heterocycles. The van der Waals surface area contributed by atoms with Crippen LogP contribution in [0.25, 0.3) is 0 Å². The number of ether oxygens (including phenoxy) is 2. The first-order valence-corrected chi connectivity index (χ1v) is 3.02. The van der Waals surface area contributed by atoms with E-state index in [1.54, 1.807) is 0 Å². The van der Waals surface area contributed by atoms with Gasteiger partial charge in [-0.3, -0.25) is 9.59 Å². The molecule has 0 unspecified atom stereocenters. The van der Waals surface area contributed by atoms with E-state index in [4.69, 9.17) is 5.73 Å². The molecule has 0 amide bonds. The number of halogens is 1. The van der Waals surface area contributed by atoms with Crippen LogP contribution >= 0.6 is 12.4 Å². The van der Waals surface area contributed by atoms with Crippen molar-refractivity contribution in [3.63, 3.8) is 0 Å². The van der Waals surface area contributed by atoms with Crippen LogP contribution in [0.2, 0.25) is 0 Å². The maximum absolute atomic E-state index is 10.6. The summed E-state index contributed by atoms with van der Waals surface area (Å²) in [5.74, 6) is -1.14. The number of carbonyl (C=O) groups excluding carboxylic acids is 2. The minimum absolute atomic E-state index is 0. The summed E-state index contributed by atoms with van der Waals surface area (Å²) in [7, 11) is 2.44. The van der Waals surface area contributed by atoms with E-state index in [9.17, 15) is 9.59 Å². The fourth-order valence-corrected chi connectivity index (χ4v) is 0.498. The van der Waals surface area contributed by atoms with Crippen molar-refractivity contribution >= 4 is 24.3 Å². The van der Waals surface area contributed by atoms with Crippen molar-refractivity contribution < 1.29 is 19.1 Å². The van der Waals surface area contributed by atoms with Gasteiger partial charge < -0.3 is 15.2 Å². The van der Waals surface area contributed by atoms with Gasteiger partial charge >= 0.3 is 11.9 Å². The number of hydrogen-bond acceptors (Lipinski definition) is 5. The van der Waals surface area contributed by atoms with Crippen LogP contribution in [-0.4, -0.2) is 32.2 Å². The standard InChI is InChI=1S/C6H11NO4.ClH/c1-10-5(8)3-4(7)6(9)11-2;/h4H,3,7H2,1-2H3;1H/t4-;/m1./s1. The second kappa shape index (κ2) is 6.87. The van der Waals surface area contributed by atoms with Gasteiger partial charge in [0.05, 0.1) is 20.6 Å². The normalized spacial score (nSPS) is 10.9. The number of hydrogen-bond donors (Lipinski definition) is 1. The Labute approximate surface area is 76.6 Å². The molecule has 0 aliphatic carbocycles. The molecule has 0 saturated carbocycles. The summed E-state index contributed by atoms with van der Waals surface area (Å²) in [5.41, 5.74) is 5.23. The summed E-state index contributed by atoms with van der Waals surface area (Å²) >= 11 is 0. The average Bonchev–Trinajstić information content (AvgIpc) is 2.02. The summed E-state index contributed by atoms with van der Waals surface area (Å²) in [6.07, 6.45) is -0.150. The van der Waals surface area contributed by atoms with Crippen molar-refractivity contribution in [1.82, 2.24) is 0 Å². The zero-order valence-electron chi connectivity index (χ0n) is 6.90. The number of methoxy groups -OCH3 is 2. The predicted octanol–water partition coefficient (Wildman–Crippen LogP) is -0.528. The summed E-state index contributed by atoms with van der Waals surface area (Å²) in [6, 6.07) is -0.924. The van der Waals surface area contributed by atoms with Gasteiger partial charge in [-0.15, -0.1) is 12.4 Å². The van der Waals surface area contributed by atoms with E-state index in [0.29, 0.717) is 0 Å². The molecule has 72 valence electrons. The Balaban J connectivity index is 0. The van der Waals surface area contributed by atoms with Crippen molar-refractivity contribution in [2.75, 3.05) is 14.2 Å². The Morgan fingerprint density at radius 3 is 2.17 bits per heavy atom. The van der Waals surface area contributed by atoms with Gasteiger partial charge in [-0.2, -0.15) is 0 Å². The first-order chi connectivity index (χ1) is 5.11. The molecule has 0 saturated heterocycles. The van der Waals surface area contributed by atoms with E-state index < -0.39 is 18.0 Å². The topological polar surface area (TPSA) is 78.6 Å². The van der Waals surface area contributed by atoms with Gasteiger partial charge in [0.1, 0.15) is 6.04 Å². The molecule has 0 rings (SSSR count). The SMILES string of the molecule is COC(=O)C[C@@H](N)C(=O)OC.Cl. The highest BCUT2D eigenvalue weighted by atomic mass is 35.5. The molecule has 1 atom stereocenters. The third kappa shape index (κ3) is 4.92. The highest BCUT2D eigenvalue weighted by molar-refractivity contribution is 5.85. The fraction of sp³-hybridized carbons (Fsp3) is 0.667. The van der Waals surface area contributed by atoms with Gasteiger partial charge in [0.25, 0.3) is 0 Å². The molecule has 0 radical (unpaired) electrons. The van der Waals surface area contributed by atoms with Gasteiger partial charge in [-0.1, -0.05) is 0 Å². The van der Waals surface area contributed by atoms with Gasteiger partial charge in [-0.05, 0) is 0 Å². The van der Waals surface area contributed by atoms with Crippen LogP contribution < -0.4 is 5.73 Å². The number of rotatable bonds is 3. The van der Waals surface area contributed by atoms with E-state index in [0.717, 1.165) is 0 Å². The smallest absolute Gasteiger partial charge is 0.323 e. The number of carbonyl (C=O) groups is 2. The van der Waals surface area contributed by atoms with Crippen LogP contribution in [-0.2, 0) is 19.1 Å². The first-order valence-electron chi connectivity index (χ1n) is 3.02. The lowest BCUT2D eigenvalue weighted by atomic mass is 10.2. The van der Waals surface area contributed by atoms with E-state index in [-0.39, 0.29) is 18.8 Å². The largest absolute Gasteiger partial charge is 0.469 e. The molecule has 0 aliphatic rings. The monoisotopic (exact) mass is 197 g/mol.